The molecule has 2 amide bonds. The molecule has 144 valence electrons. The molecule has 0 saturated carbocycles. The van der Waals surface area contributed by atoms with Gasteiger partial charge in [0.2, 0.25) is 0 Å². The fourth-order valence-corrected chi connectivity index (χ4v) is 2.58. The van der Waals surface area contributed by atoms with Crippen molar-refractivity contribution in [2.24, 2.45) is 0 Å². The van der Waals surface area contributed by atoms with E-state index in [0.29, 0.717) is 5.82 Å². The molecule has 1 atom stereocenters. The van der Waals surface area contributed by atoms with Crippen LogP contribution in [0.25, 0.3) is 5.69 Å². The molecule has 0 saturated heterocycles. The van der Waals surface area contributed by atoms with Gasteiger partial charge in [0.1, 0.15) is 11.5 Å². The van der Waals surface area contributed by atoms with Crippen LogP contribution in [0.15, 0.2) is 60.8 Å². The Kier molecular flexibility index (Phi) is 5.69. The van der Waals surface area contributed by atoms with Crippen LogP contribution in [-0.2, 0) is 4.79 Å². The standard InChI is InChI=1S/C20H19FN4O3/c1-13(28-18-11-7-6-10-16(18)21)19(26)23-24-20(27)17-12-22-14(2)25(17)15-8-4-3-5-9-15/h3-13H,1-2H3,(H,23,26)(H,24,27)/t13-/m1/s1. The van der Waals surface area contributed by atoms with Crippen molar-refractivity contribution < 1.29 is 18.7 Å². The van der Waals surface area contributed by atoms with Gasteiger partial charge in [0.25, 0.3) is 11.8 Å². The van der Waals surface area contributed by atoms with Gasteiger partial charge in [-0.25, -0.2) is 9.37 Å². The van der Waals surface area contributed by atoms with E-state index in [1.54, 1.807) is 17.6 Å². The van der Waals surface area contributed by atoms with Crippen LogP contribution in [0.3, 0.4) is 0 Å². The number of hydrogen-bond donors (Lipinski definition) is 2. The van der Waals surface area contributed by atoms with E-state index in [-0.39, 0.29) is 11.4 Å². The lowest BCUT2D eigenvalue weighted by Crippen LogP contribution is -2.47. The number of hydrazine groups is 1. The van der Waals surface area contributed by atoms with Crippen LogP contribution in [0.4, 0.5) is 4.39 Å². The van der Waals surface area contributed by atoms with E-state index in [2.05, 4.69) is 15.8 Å². The summed E-state index contributed by atoms with van der Waals surface area (Å²) in [5.41, 5.74) is 5.64. The third kappa shape index (κ3) is 4.17. The number of imidazole rings is 1. The lowest BCUT2D eigenvalue weighted by Gasteiger charge is -2.16. The van der Waals surface area contributed by atoms with E-state index in [1.807, 2.05) is 30.3 Å². The molecule has 28 heavy (non-hydrogen) atoms. The molecular weight excluding hydrogens is 363 g/mol. The number of amides is 2. The van der Waals surface area contributed by atoms with Gasteiger partial charge in [-0.05, 0) is 38.1 Å². The van der Waals surface area contributed by atoms with Gasteiger partial charge in [0, 0.05) is 5.69 Å². The van der Waals surface area contributed by atoms with Gasteiger partial charge in [-0.15, -0.1) is 0 Å². The highest BCUT2D eigenvalue weighted by molar-refractivity contribution is 5.94. The minimum Gasteiger partial charge on any atom is -0.478 e. The fourth-order valence-electron chi connectivity index (χ4n) is 2.58. The minimum absolute atomic E-state index is 0.0470. The molecule has 0 bridgehead atoms. The average molecular weight is 382 g/mol. The number of carbonyl (C=O) groups is 2. The monoisotopic (exact) mass is 382 g/mol. The molecule has 2 aromatic carbocycles. The molecule has 0 aliphatic rings. The second-order valence-electron chi connectivity index (χ2n) is 6.00. The van der Waals surface area contributed by atoms with E-state index in [9.17, 15) is 14.0 Å². The summed E-state index contributed by atoms with van der Waals surface area (Å²) >= 11 is 0. The van der Waals surface area contributed by atoms with Crippen LogP contribution < -0.4 is 15.6 Å². The Balaban J connectivity index is 1.65. The summed E-state index contributed by atoms with van der Waals surface area (Å²) in [4.78, 5) is 28.8. The van der Waals surface area contributed by atoms with Crippen LogP contribution in [0.5, 0.6) is 5.75 Å². The number of ether oxygens (including phenoxy) is 1. The van der Waals surface area contributed by atoms with Gasteiger partial charge in [0.05, 0.1) is 6.20 Å². The molecule has 8 heteroatoms. The van der Waals surface area contributed by atoms with Crippen molar-refractivity contribution in [1.29, 1.82) is 0 Å². The zero-order chi connectivity index (χ0) is 20.1. The number of aryl methyl sites for hydroxylation is 1. The number of halogens is 1. The Bertz CT molecular complexity index is 988. The number of aromatic nitrogens is 2. The molecule has 1 aromatic heterocycles. The summed E-state index contributed by atoms with van der Waals surface area (Å²) in [5, 5.41) is 0. The smallest absolute Gasteiger partial charge is 0.288 e. The molecule has 0 spiro atoms. The predicted molar refractivity (Wildman–Crippen MR) is 100 cm³/mol. The summed E-state index contributed by atoms with van der Waals surface area (Å²) in [6.45, 7) is 3.22. The number of nitrogens with zero attached hydrogens (tertiary/aromatic N) is 2. The van der Waals surface area contributed by atoms with Crippen LogP contribution in [0, 0.1) is 12.7 Å². The van der Waals surface area contributed by atoms with E-state index >= 15 is 0 Å². The molecule has 3 aromatic rings. The number of nitrogens with one attached hydrogen (secondary N) is 2. The first-order valence-electron chi connectivity index (χ1n) is 8.58. The van der Waals surface area contributed by atoms with Gasteiger partial charge < -0.3 is 4.74 Å². The molecule has 0 aliphatic carbocycles. The quantitative estimate of drug-likeness (QED) is 0.664. The number of hydrogen-bond acceptors (Lipinski definition) is 4. The van der Waals surface area contributed by atoms with Gasteiger partial charge in [-0.1, -0.05) is 30.3 Å². The summed E-state index contributed by atoms with van der Waals surface area (Å²) in [6, 6.07) is 15.0. The Morgan fingerprint density at radius 3 is 2.46 bits per heavy atom. The number of benzene rings is 2. The van der Waals surface area contributed by atoms with Crippen molar-refractivity contribution in [3.63, 3.8) is 0 Å². The number of carbonyl (C=O) groups excluding carboxylic acids is 2. The second kappa shape index (κ2) is 8.34. The first kappa shape index (κ1) is 19.1. The first-order chi connectivity index (χ1) is 13.5. The van der Waals surface area contributed by atoms with Crippen LogP contribution >= 0.6 is 0 Å². The summed E-state index contributed by atoms with van der Waals surface area (Å²) in [5.74, 6) is -1.17. The zero-order valence-electron chi connectivity index (χ0n) is 15.3. The second-order valence-corrected chi connectivity index (χ2v) is 6.00. The van der Waals surface area contributed by atoms with E-state index in [1.165, 1.54) is 31.3 Å². The summed E-state index contributed by atoms with van der Waals surface area (Å²) in [6.07, 6.45) is 0.404. The van der Waals surface area contributed by atoms with Crippen molar-refractivity contribution >= 4 is 11.8 Å². The largest absolute Gasteiger partial charge is 0.478 e. The van der Waals surface area contributed by atoms with Gasteiger partial charge in [0.15, 0.2) is 17.7 Å². The zero-order valence-corrected chi connectivity index (χ0v) is 15.3. The number of para-hydroxylation sites is 2. The maximum absolute atomic E-state index is 13.6. The molecule has 1 heterocycles. The molecule has 0 unspecified atom stereocenters. The Labute approximate surface area is 161 Å². The highest BCUT2D eigenvalue weighted by Crippen LogP contribution is 2.17. The fraction of sp³-hybridized carbons (Fsp3) is 0.150. The highest BCUT2D eigenvalue weighted by Gasteiger charge is 2.20. The SMILES string of the molecule is Cc1ncc(C(=O)NNC(=O)[C@@H](C)Oc2ccccc2F)n1-c1ccccc1. The molecule has 0 radical (unpaired) electrons. The summed E-state index contributed by atoms with van der Waals surface area (Å²) < 4.78 is 20.6. The van der Waals surface area contributed by atoms with Gasteiger partial charge >= 0.3 is 0 Å². The topological polar surface area (TPSA) is 85.2 Å². The van der Waals surface area contributed by atoms with Crippen LogP contribution in [-0.4, -0.2) is 27.5 Å². The van der Waals surface area contributed by atoms with E-state index < -0.39 is 23.7 Å². The van der Waals surface area contributed by atoms with Crippen LogP contribution in [0.2, 0.25) is 0 Å². The maximum Gasteiger partial charge on any atom is 0.288 e. The molecular formula is C20H19FN4O3. The lowest BCUT2D eigenvalue weighted by molar-refractivity contribution is -0.128. The van der Waals surface area contributed by atoms with E-state index in [0.717, 1.165) is 5.69 Å². The molecule has 2 N–H and O–H groups in total. The summed E-state index contributed by atoms with van der Waals surface area (Å²) in [7, 11) is 0. The lowest BCUT2D eigenvalue weighted by atomic mass is 10.3. The first-order valence-corrected chi connectivity index (χ1v) is 8.58. The van der Waals surface area contributed by atoms with Crippen molar-refractivity contribution in [3.05, 3.63) is 78.1 Å². The third-order valence-electron chi connectivity index (χ3n) is 3.99. The molecule has 0 fully saturated rings. The highest BCUT2D eigenvalue weighted by atomic mass is 19.1. The predicted octanol–water partition coefficient (Wildman–Crippen LogP) is 2.55. The maximum atomic E-state index is 13.6. The Morgan fingerprint density at radius 1 is 1.07 bits per heavy atom. The third-order valence-corrected chi connectivity index (χ3v) is 3.99. The van der Waals surface area contributed by atoms with Crippen LogP contribution in [0.1, 0.15) is 23.2 Å². The Morgan fingerprint density at radius 2 is 1.75 bits per heavy atom. The van der Waals surface area contributed by atoms with Crippen molar-refractivity contribution in [2.45, 2.75) is 20.0 Å². The van der Waals surface area contributed by atoms with Crippen molar-refractivity contribution in [1.82, 2.24) is 20.4 Å². The normalized spacial score (nSPS) is 11.5. The Hall–Kier alpha value is -3.68. The van der Waals surface area contributed by atoms with Gasteiger partial charge in [-0.3, -0.25) is 25.0 Å². The van der Waals surface area contributed by atoms with Gasteiger partial charge in [-0.2, -0.15) is 0 Å². The minimum atomic E-state index is -1.02. The molecule has 7 nitrogen and oxygen atoms in total. The number of rotatable bonds is 5. The van der Waals surface area contributed by atoms with E-state index in [4.69, 9.17) is 4.74 Å². The van der Waals surface area contributed by atoms with Crippen molar-refractivity contribution in [2.75, 3.05) is 0 Å². The average Bonchev–Trinajstić information content (AvgIpc) is 3.09. The van der Waals surface area contributed by atoms with Crippen molar-refractivity contribution in [3.8, 4) is 11.4 Å². The molecule has 0 aliphatic heterocycles. The molecule has 3 rings (SSSR count).